The molecule has 1 aliphatic heterocycles. The third kappa shape index (κ3) is 2.78. The van der Waals surface area contributed by atoms with Crippen LogP contribution in [-0.4, -0.2) is 5.71 Å². The Hall–Kier alpha value is -2.46. The molecule has 0 saturated carbocycles. The molecule has 0 unspecified atom stereocenters. The van der Waals surface area contributed by atoms with Crippen molar-refractivity contribution < 1.29 is 4.39 Å². The zero-order valence-corrected chi connectivity index (χ0v) is 13.2. The van der Waals surface area contributed by atoms with Crippen molar-refractivity contribution in [3.05, 3.63) is 88.4 Å². The molecule has 0 bridgehead atoms. The molecule has 2 aromatic carbocycles. The summed E-state index contributed by atoms with van der Waals surface area (Å²) in [5.41, 5.74) is 3.21. The Morgan fingerprint density at radius 1 is 0.957 bits per heavy atom. The average molecular weight is 322 g/mol. The first kappa shape index (κ1) is 14.2. The maximum absolute atomic E-state index is 13.3. The first-order chi connectivity index (χ1) is 11.3. The Balaban J connectivity index is 1.74. The van der Waals surface area contributed by atoms with Gasteiger partial charge < -0.3 is 0 Å². The number of halogens is 1. The van der Waals surface area contributed by atoms with Crippen LogP contribution in [0.1, 0.15) is 22.9 Å². The number of thiophene rings is 1. The van der Waals surface area contributed by atoms with E-state index in [2.05, 4.69) is 23.6 Å². The summed E-state index contributed by atoms with van der Waals surface area (Å²) in [5.74, 6) is -0.211. The molecule has 1 aliphatic rings. The molecule has 0 saturated heterocycles. The third-order valence-corrected chi connectivity index (χ3v) is 4.91. The van der Waals surface area contributed by atoms with Gasteiger partial charge in [0.2, 0.25) is 0 Å². The molecular formula is C19H15FN2S. The van der Waals surface area contributed by atoms with E-state index in [0.29, 0.717) is 0 Å². The lowest BCUT2D eigenvalue weighted by Gasteiger charge is -2.23. The highest BCUT2D eigenvalue weighted by atomic mass is 32.1. The van der Waals surface area contributed by atoms with Gasteiger partial charge in [-0.2, -0.15) is 5.10 Å². The molecule has 0 amide bonds. The van der Waals surface area contributed by atoms with Crippen LogP contribution in [0.2, 0.25) is 0 Å². The predicted octanol–water partition coefficient (Wildman–Crippen LogP) is 5.24. The standard InChI is InChI=1S/C19H15FN2S/c20-15-10-8-14(9-11-15)18-13-17(19-7-4-12-23-19)21-22(18)16-5-2-1-3-6-16/h1-12,18H,13H2/t18-/m1/s1. The Morgan fingerprint density at radius 3 is 2.43 bits per heavy atom. The molecule has 3 aromatic rings. The van der Waals surface area contributed by atoms with Crippen molar-refractivity contribution in [2.75, 3.05) is 5.01 Å². The summed E-state index contributed by atoms with van der Waals surface area (Å²) >= 11 is 1.70. The van der Waals surface area contributed by atoms with Gasteiger partial charge in [-0.15, -0.1) is 11.3 Å². The summed E-state index contributed by atoms with van der Waals surface area (Å²) in [5, 5.41) is 8.96. The van der Waals surface area contributed by atoms with E-state index < -0.39 is 0 Å². The Kier molecular flexibility index (Phi) is 3.67. The van der Waals surface area contributed by atoms with E-state index in [9.17, 15) is 4.39 Å². The fraction of sp³-hybridized carbons (Fsp3) is 0.105. The Labute approximate surface area is 138 Å². The number of nitrogens with zero attached hydrogens (tertiary/aromatic N) is 2. The number of hydrazone groups is 1. The average Bonchev–Trinajstić information content (AvgIpc) is 3.26. The fourth-order valence-corrected chi connectivity index (χ4v) is 3.59. The monoisotopic (exact) mass is 322 g/mol. The summed E-state index contributed by atoms with van der Waals surface area (Å²) in [6.07, 6.45) is 0.820. The number of benzene rings is 2. The van der Waals surface area contributed by atoms with E-state index >= 15 is 0 Å². The van der Waals surface area contributed by atoms with Crippen molar-refractivity contribution >= 4 is 22.7 Å². The number of rotatable bonds is 3. The summed E-state index contributed by atoms with van der Waals surface area (Å²) in [7, 11) is 0. The van der Waals surface area contributed by atoms with Crippen molar-refractivity contribution in [1.82, 2.24) is 0 Å². The number of para-hydroxylation sites is 1. The molecule has 0 radical (unpaired) electrons. The Morgan fingerprint density at radius 2 is 1.74 bits per heavy atom. The number of hydrogen-bond acceptors (Lipinski definition) is 3. The summed E-state index contributed by atoms with van der Waals surface area (Å²) < 4.78 is 13.3. The van der Waals surface area contributed by atoms with Gasteiger partial charge in [0.1, 0.15) is 5.82 Å². The topological polar surface area (TPSA) is 15.6 Å². The van der Waals surface area contributed by atoms with E-state index in [-0.39, 0.29) is 11.9 Å². The highest BCUT2D eigenvalue weighted by Gasteiger charge is 2.30. The van der Waals surface area contributed by atoms with Crippen LogP contribution in [0.25, 0.3) is 0 Å². The van der Waals surface area contributed by atoms with Crippen LogP contribution in [0.5, 0.6) is 0 Å². The molecule has 2 heterocycles. The minimum Gasteiger partial charge on any atom is -0.257 e. The van der Waals surface area contributed by atoms with E-state index in [0.717, 1.165) is 23.4 Å². The van der Waals surface area contributed by atoms with Crippen LogP contribution in [0, 0.1) is 5.82 Å². The van der Waals surface area contributed by atoms with Crippen LogP contribution in [-0.2, 0) is 0 Å². The molecule has 0 aliphatic carbocycles. The van der Waals surface area contributed by atoms with Gasteiger partial charge in [0.05, 0.1) is 22.3 Å². The maximum atomic E-state index is 13.3. The van der Waals surface area contributed by atoms with Crippen LogP contribution in [0.4, 0.5) is 10.1 Å². The molecule has 1 atom stereocenters. The second-order valence-electron chi connectivity index (χ2n) is 5.48. The second-order valence-corrected chi connectivity index (χ2v) is 6.42. The maximum Gasteiger partial charge on any atom is 0.123 e. The number of hydrogen-bond donors (Lipinski definition) is 0. The summed E-state index contributed by atoms with van der Waals surface area (Å²) in [6.45, 7) is 0. The van der Waals surface area contributed by atoms with Crippen molar-refractivity contribution in [3.63, 3.8) is 0 Å². The quantitative estimate of drug-likeness (QED) is 0.643. The molecule has 0 fully saturated rings. The molecular weight excluding hydrogens is 307 g/mol. The van der Waals surface area contributed by atoms with Crippen molar-refractivity contribution in [2.45, 2.75) is 12.5 Å². The summed E-state index contributed by atoms with van der Waals surface area (Å²) in [6, 6.07) is 21.1. The van der Waals surface area contributed by atoms with E-state index in [1.807, 2.05) is 41.4 Å². The van der Waals surface area contributed by atoms with Crippen molar-refractivity contribution in [2.24, 2.45) is 5.10 Å². The number of anilines is 1. The van der Waals surface area contributed by atoms with Crippen LogP contribution in [0.3, 0.4) is 0 Å². The zero-order chi connectivity index (χ0) is 15.6. The first-order valence-electron chi connectivity index (χ1n) is 7.52. The van der Waals surface area contributed by atoms with Gasteiger partial charge >= 0.3 is 0 Å². The Bertz CT molecular complexity index is 810. The van der Waals surface area contributed by atoms with Crippen LogP contribution >= 0.6 is 11.3 Å². The van der Waals surface area contributed by atoms with Gasteiger partial charge in [-0.3, -0.25) is 5.01 Å². The largest absolute Gasteiger partial charge is 0.257 e. The lowest BCUT2D eigenvalue weighted by Crippen LogP contribution is -2.18. The van der Waals surface area contributed by atoms with Gasteiger partial charge in [0, 0.05) is 6.42 Å². The van der Waals surface area contributed by atoms with Gasteiger partial charge in [0.15, 0.2) is 0 Å². The van der Waals surface area contributed by atoms with Gasteiger partial charge in [0.25, 0.3) is 0 Å². The van der Waals surface area contributed by atoms with Crippen molar-refractivity contribution in [1.29, 1.82) is 0 Å². The normalized spacial score (nSPS) is 17.3. The molecule has 2 nitrogen and oxygen atoms in total. The van der Waals surface area contributed by atoms with Gasteiger partial charge in [-0.25, -0.2) is 4.39 Å². The molecule has 0 N–H and O–H groups in total. The smallest absolute Gasteiger partial charge is 0.123 e. The van der Waals surface area contributed by atoms with Gasteiger partial charge in [-0.1, -0.05) is 36.4 Å². The third-order valence-electron chi connectivity index (χ3n) is 3.99. The van der Waals surface area contributed by atoms with E-state index in [1.54, 1.807) is 11.3 Å². The SMILES string of the molecule is Fc1ccc([C@H]2CC(c3cccs3)=NN2c2ccccc2)cc1. The minimum absolute atomic E-state index is 0.0927. The van der Waals surface area contributed by atoms with Crippen molar-refractivity contribution in [3.8, 4) is 0 Å². The van der Waals surface area contributed by atoms with Crippen LogP contribution in [0.15, 0.2) is 77.2 Å². The molecule has 4 rings (SSSR count). The second kappa shape index (κ2) is 5.97. The molecule has 4 heteroatoms. The predicted molar refractivity (Wildman–Crippen MR) is 93.5 cm³/mol. The highest BCUT2D eigenvalue weighted by Crippen LogP contribution is 2.37. The molecule has 0 spiro atoms. The minimum atomic E-state index is -0.211. The highest BCUT2D eigenvalue weighted by molar-refractivity contribution is 7.12. The van der Waals surface area contributed by atoms with E-state index in [4.69, 9.17) is 5.10 Å². The van der Waals surface area contributed by atoms with Crippen LogP contribution < -0.4 is 5.01 Å². The lowest BCUT2D eigenvalue weighted by atomic mass is 10.0. The molecule has 23 heavy (non-hydrogen) atoms. The lowest BCUT2D eigenvalue weighted by molar-refractivity contribution is 0.624. The fourth-order valence-electron chi connectivity index (χ4n) is 2.87. The molecule has 114 valence electrons. The van der Waals surface area contributed by atoms with E-state index in [1.165, 1.54) is 17.0 Å². The van der Waals surface area contributed by atoms with Gasteiger partial charge in [-0.05, 0) is 41.3 Å². The first-order valence-corrected chi connectivity index (χ1v) is 8.40. The zero-order valence-electron chi connectivity index (χ0n) is 12.4. The summed E-state index contributed by atoms with van der Waals surface area (Å²) in [4.78, 5) is 1.19. The molecule has 1 aromatic heterocycles.